The second-order valence-electron chi connectivity index (χ2n) is 4.38. The minimum Gasteiger partial charge on any atom is -0.480 e. The van der Waals surface area contributed by atoms with Gasteiger partial charge in [-0.2, -0.15) is 4.98 Å². The minimum absolute atomic E-state index is 0.0576. The van der Waals surface area contributed by atoms with Gasteiger partial charge in [-0.3, -0.25) is 0 Å². The molecule has 0 aliphatic heterocycles. The van der Waals surface area contributed by atoms with E-state index in [4.69, 9.17) is 15.2 Å². The lowest BCUT2D eigenvalue weighted by Crippen LogP contribution is -2.19. The number of nitrogens with two attached hydrogens (primary N) is 1. The van der Waals surface area contributed by atoms with Crippen LogP contribution in [0.3, 0.4) is 0 Å². The van der Waals surface area contributed by atoms with Crippen LogP contribution in [-0.2, 0) is 0 Å². The summed E-state index contributed by atoms with van der Waals surface area (Å²) in [6.07, 6.45) is 1.31. The maximum absolute atomic E-state index is 14.1. The molecule has 2 rings (SSSR count). The average molecular weight is 295 g/mol. The Balaban J connectivity index is 2.55. The van der Waals surface area contributed by atoms with Gasteiger partial charge in [-0.15, -0.1) is 0 Å². The molecule has 0 aliphatic rings. The van der Waals surface area contributed by atoms with Crippen molar-refractivity contribution in [2.24, 2.45) is 5.73 Å². The topological polar surface area (TPSA) is 70.3 Å². The third kappa shape index (κ3) is 2.78. The van der Waals surface area contributed by atoms with Crippen molar-refractivity contribution in [3.63, 3.8) is 0 Å². The molecule has 1 aromatic carbocycles. The fraction of sp³-hybridized carbons (Fsp3) is 0.286. The van der Waals surface area contributed by atoms with Gasteiger partial charge >= 0.3 is 0 Å². The number of rotatable bonds is 4. The molecule has 0 spiro atoms. The molecule has 0 bridgehead atoms. The van der Waals surface area contributed by atoms with Crippen LogP contribution in [0.1, 0.15) is 22.9 Å². The first-order chi connectivity index (χ1) is 9.99. The molecule has 1 aromatic heterocycles. The number of hydrogen-bond acceptors (Lipinski definition) is 5. The monoisotopic (exact) mass is 295 g/mol. The summed E-state index contributed by atoms with van der Waals surface area (Å²) in [7, 11) is 2.78. The largest absolute Gasteiger partial charge is 0.480 e. The van der Waals surface area contributed by atoms with E-state index in [0.29, 0.717) is 5.56 Å². The molecular weight excluding hydrogens is 280 g/mol. The van der Waals surface area contributed by atoms with Crippen LogP contribution in [0.25, 0.3) is 0 Å². The highest BCUT2D eigenvalue weighted by molar-refractivity contribution is 5.37. The lowest BCUT2D eigenvalue weighted by Gasteiger charge is -2.16. The van der Waals surface area contributed by atoms with Crippen LogP contribution >= 0.6 is 0 Å². The second kappa shape index (κ2) is 6.01. The highest BCUT2D eigenvalue weighted by Crippen LogP contribution is 2.30. The molecule has 112 valence electrons. The summed E-state index contributed by atoms with van der Waals surface area (Å²) < 4.78 is 38.0. The molecule has 21 heavy (non-hydrogen) atoms. The standard InChI is InChI=1S/C14H15F2N3O2/c1-7-4-5-8(15)10(11(7)16)12(17)13-14(21-3)19-9(20-2)6-18-13/h4-6,12H,17H2,1-3H3. The third-order valence-electron chi connectivity index (χ3n) is 3.07. The van der Waals surface area contributed by atoms with Crippen LogP contribution in [-0.4, -0.2) is 24.2 Å². The molecule has 0 saturated heterocycles. The summed E-state index contributed by atoms with van der Waals surface area (Å²) in [5, 5.41) is 0. The molecule has 1 heterocycles. The molecular formula is C14H15F2N3O2. The molecule has 2 aromatic rings. The van der Waals surface area contributed by atoms with E-state index in [-0.39, 0.29) is 23.0 Å². The van der Waals surface area contributed by atoms with E-state index in [9.17, 15) is 8.78 Å². The van der Waals surface area contributed by atoms with Crippen LogP contribution in [0.4, 0.5) is 8.78 Å². The number of nitrogens with zero attached hydrogens (tertiary/aromatic N) is 2. The van der Waals surface area contributed by atoms with E-state index in [2.05, 4.69) is 9.97 Å². The Bertz CT molecular complexity index is 665. The van der Waals surface area contributed by atoms with Gasteiger partial charge in [0.2, 0.25) is 11.8 Å². The van der Waals surface area contributed by atoms with Crippen molar-refractivity contribution in [2.75, 3.05) is 14.2 Å². The molecule has 5 nitrogen and oxygen atoms in total. The van der Waals surface area contributed by atoms with E-state index in [0.717, 1.165) is 6.07 Å². The zero-order valence-corrected chi connectivity index (χ0v) is 11.9. The smallest absolute Gasteiger partial charge is 0.240 e. The Morgan fingerprint density at radius 1 is 1.19 bits per heavy atom. The van der Waals surface area contributed by atoms with Gasteiger partial charge in [0.1, 0.15) is 17.3 Å². The molecule has 0 amide bonds. The number of aryl methyl sites for hydroxylation is 1. The van der Waals surface area contributed by atoms with Crippen LogP contribution in [0.15, 0.2) is 18.3 Å². The van der Waals surface area contributed by atoms with E-state index < -0.39 is 17.7 Å². The van der Waals surface area contributed by atoms with Gasteiger partial charge in [-0.1, -0.05) is 6.07 Å². The minimum atomic E-state index is -1.14. The lowest BCUT2D eigenvalue weighted by atomic mass is 10.0. The normalized spacial score (nSPS) is 12.1. The molecule has 0 fully saturated rings. The van der Waals surface area contributed by atoms with Crippen molar-refractivity contribution in [3.05, 3.63) is 46.8 Å². The first kappa shape index (κ1) is 15.1. The van der Waals surface area contributed by atoms with Gasteiger partial charge in [0.05, 0.1) is 26.5 Å². The van der Waals surface area contributed by atoms with Crippen molar-refractivity contribution in [2.45, 2.75) is 13.0 Å². The van der Waals surface area contributed by atoms with Gasteiger partial charge in [-0.25, -0.2) is 13.8 Å². The zero-order chi connectivity index (χ0) is 15.6. The predicted octanol–water partition coefficient (Wildman–Crippen LogP) is 2.13. The summed E-state index contributed by atoms with van der Waals surface area (Å²) in [5.41, 5.74) is 6.10. The molecule has 0 radical (unpaired) electrons. The number of aromatic nitrogens is 2. The number of ether oxygens (including phenoxy) is 2. The van der Waals surface area contributed by atoms with Gasteiger partial charge < -0.3 is 15.2 Å². The van der Waals surface area contributed by atoms with E-state index >= 15 is 0 Å². The zero-order valence-electron chi connectivity index (χ0n) is 11.9. The number of benzene rings is 1. The number of methoxy groups -OCH3 is 2. The number of hydrogen-bond donors (Lipinski definition) is 1. The average Bonchev–Trinajstić information content (AvgIpc) is 2.50. The van der Waals surface area contributed by atoms with Crippen molar-refractivity contribution >= 4 is 0 Å². The van der Waals surface area contributed by atoms with Gasteiger partial charge in [0.25, 0.3) is 0 Å². The predicted molar refractivity (Wildman–Crippen MR) is 72.3 cm³/mol. The molecule has 2 N–H and O–H groups in total. The number of halogens is 2. The third-order valence-corrected chi connectivity index (χ3v) is 3.07. The fourth-order valence-electron chi connectivity index (χ4n) is 1.93. The SMILES string of the molecule is COc1cnc(C(N)c2c(F)ccc(C)c2F)c(OC)n1. The molecule has 0 aliphatic carbocycles. The van der Waals surface area contributed by atoms with Crippen molar-refractivity contribution in [3.8, 4) is 11.8 Å². The van der Waals surface area contributed by atoms with Crippen molar-refractivity contribution in [1.82, 2.24) is 9.97 Å². The Hall–Kier alpha value is -2.28. The van der Waals surface area contributed by atoms with Crippen LogP contribution < -0.4 is 15.2 Å². The fourth-order valence-corrected chi connectivity index (χ4v) is 1.93. The van der Waals surface area contributed by atoms with Crippen molar-refractivity contribution in [1.29, 1.82) is 0 Å². The molecule has 1 unspecified atom stereocenters. The Morgan fingerprint density at radius 2 is 1.90 bits per heavy atom. The summed E-state index contributed by atoms with van der Waals surface area (Å²) in [6, 6.07) is 1.37. The Kier molecular flexibility index (Phi) is 4.32. The summed E-state index contributed by atoms with van der Waals surface area (Å²) in [6.45, 7) is 1.53. The first-order valence-corrected chi connectivity index (χ1v) is 6.14. The Morgan fingerprint density at radius 3 is 2.52 bits per heavy atom. The van der Waals surface area contributed by atoms with E-state index in [1.54, 1.807) is 0 Å². The lowest BCUT2D eigenvalue weighted by molar-refractivity contribution is 0.354. The van der Waals surface area contributed by atoms with Gasteiger partial charge in [0.15, 0.2) is 0 Å². The summed E-state index contributed by atoms with van der Waals surface area (Å²) >= 11 is 0. The van der Waals surface area contributed by atoms with E-state index in [1.165, 1.54) is 33.4 Å². The summed E-state index contributed by atoms with van der Waals surface area (Å²) in [4.78, 5) is 8.04. The van der Waals surface area contributed by atoms with Crippen LogP contribution in [0.2, 0.25) is 0 Å². The summed E-state index contributed by atoms with van der Waals surface area (Å²) in [5.74, 6) is -1.18. The van der Waals surface area contributed by atoms with Crippen molar-refractivity contribution < 1.29 is 18.3 Å². The first-order valence-electron chi connectivity index (χ1n) is 6.14. The second-order valence-corrected chi connectivity index (χ2v) is 4.38. The Labute approximate surface area is 120 Å². The maximum atomic E-state index is 14.1. The highest BCUT2D eigenvalue weighted by atomic mass is 19.1. The van der Waals surface area contributed by atoms with Gasteiger partial charge in [0, 0.05) is 5.56 Å². The quantitative estimate of drug-likeness (QED) is 0.935. The molecule has 1 atom stereocenters. The molecule has 0 saturated carbocycles. The van der Waals surface area contributed by atoms with Crippen LogP contribution in [0, 0.1) is 18.6 Å². The van der Waals surface area contributed by atoms with Gasteiger partial charge in [-0.05, 0) is 18.6 Å². The maximum Gasteiger partial charge on any atom is 0.240 e. The van der Waals surface area contributed by atoms with Crippen LogP contribution in [0.5, 0.6) is 11.8 Å². The molecule has 7 heteroatoms. The van der Waals surface area contributed by atoms with E-state index in [1.807, 2.05) is 0 Å². The highest BCUT2D eigenvalue weighted by Gasteiger charge is 2.25.